The molecule has 0 atom stereocenters. The van der Waals surface area contributed by atoms with Gasteiger partial charge in [0.2, 0.25) is 0 Å². The molecule has 0 saturated carbocycles. The number of rotatable bonds is 7. The van der Waals surface area contributed by atoms with Gasteiger partial charge in [0.05, 0.1) is 0 Å². The molecule has 0 aromatic carbocycles. The van der Waals surface area contributed by atoms with E-state index in [1.54, 1.807) is 0 Å². The summed E-state index contributed by atoms with van der Waals surface area (Å²) in [6, 6.07) is 0. The second kappa shape index (κ2) is 8.36. The molecular weight excluding hydrogens is 132 g/mol. The molecule has 0 rings (SSSR count). The van der Waals surface area contributed by atoms with Crippen LogP contribution in [0.15, 0.2) is 5.34 Å². The average Bonchev–Trinajstić information content (AvgIpc) is 1.97. The molecule has 0 bridgehead atoms. The maximum absolute atomic E-state index is 9.36. The average molecular weight is 146 g/mol. The molecule has 4 heteroatoms. The van der Waals surface area contributed by atoms with Crippen LogP contribution in [0.5, 0.6) is 0 Å². The number of hydrogen-bond donors (Lipinski definition) is 1. The molecule has 0 aliphatic carbocycles. The molecule has 1 N–H and O–H groups in total. The van der Waals surface area contributed by atoms with Crippen molar-refractivity contribution in [3.8, 4) is 0 Å². The third kappa shape index (κ3) is 7.36. The summed E-state index contributed by atoms with van der Waals surface area (Å²) in [5, 5.41) is 2.19. The lowest BCUT2D eigenvalue weighted by atomic mass is 10.2. The van der Waals surface area contributed by atoms with Crippen LogP contribution in [0.2, 0.25) is 0 Å². The highest BCUT2D eigenvalue weighted by molar-refractivity contribution is 4.40. The van der Waals surface area contributed by atoms with Crippen LogP contribution in [0.1, 0.15) is 32.6 Å². The summed E-state index contributed by atoms with van der Waals surface area (Å²) in [4.78, 5) is 13.4. The molecule has 0 unspecified atom stereocenters. The highest BCUT2D eigenvalue weighted by Gasteiger charge is 1.86. The molecule has 0 aliphatic rings. The van der Waals surface area contributed by atoms with Gasteiger partial charge in [0.15, 0.2) is 5.34 Å². The first kappa shape index (κ1) is 9.36. The van der Waals surface area contributed by atoms with Crippen LogP contribution in [0.25, 0.3) is 0 Å². The Hall–Kier alpha value is -0.640. The lowest BCUT2D eigenvalue weighted by molar-refractivity contribution is 0.0420. The Morgan fingerprint density at radius 3 is 2.80 bits per heavy atom. The van der Waals surface area contributed by atoms with E-state index in [0.717, 1.165) is 6.42 Å². The number of unbranched alkanes of at least 4 members (excludes halogenated alkanes) is 3. The maximum Gasteiger partial charge on any atom is 0.176 e. The fourth-order valence-electron chi connectivity index (χ4n) is 0.696. The molecule has 10 heavy (non-hydrogen) atoms. The van der Waals surface area contributed by atoms with Crippen molar-refractivity contribution in [1.82, 2.24) is 5.48 Å². The summed E-state index contributed by atoms with van der Waals surface area (Å²) < 4.78 is 0. The van der Waals surface area contributed by atoms with Crippen LogP contribution in [-0.4, -0.2) is 6.54 Å². The molecule has 0 aromatic heterocycles. The van der Waals surface area contributed by atoms with E-state index in [4.69, 9.17) is 0 Å². The Morgan fingerprint density at radius 2 is 2.20 bits per heavy atom. The minimum Gasteiger partial charge on any atom is -0.263 e. The van der Waals surface area contributed by atoms with E-state index >= 15 is 0 Å². The monoisotopic (exact) mass is 146 g/mol. The van der Waals surface area contributed by atoms with Crippen molar-refractivity contribution < 1.29 is 4.94 Å². The van der Waals surface area contributed by atoms with Gasteiger partial charge in [0.25, 0.3) is 0 Å². The Kier molecular flexibility index (Phi) is 7.82. The summed E-state index contributed by atoms with van der Waals surface area (Å²) in [5.41, 5.74) is 2.41. The van der Waals surface area contributed by atoms with Gasteiger partial charge in [-0.25, -0.2) is 0 Å². The molecule has 0 amide bonds. The smallest absolute Gasteiger partial charge is 0.176 e. The first-order valence-corrected chi connectivity index (χ1v) is 3.63. The Labute approximate surface area is 60.8 Å². The van der Waals surface area contributed by atoms with Gasteiger partial charge in [-0.3, -0.25) is 4.94 Å². The highest BCUT2D eigenvalue weighted by Crippen LogP contribution is 1.96. The molecule has 4 nitrogen and oxygen atoms in total. The summed E-state index contributed by atoms with van der Waals surface area (Å²) in [6.45, 7) is 2.85. The summed E-state index contributed by atoms with van der Waals surface area (Å²) in [7, 11) is 0. The SMILES string of the molecule is CCCCCCNON=O. The first-order valence-electron chi connectivity index (χ1n) is 3.63. The minimum atomic E-state index is 0.700. The van der Waals surface area contributed by atoms with Crippen LogP contribution in [0.3, 0.4) is 0 Å². The number of hydrogen-bond acceptors (Lipinski definition) is 4. The lowest BCUT2D eigenvalue weighted by Gasteiger charge is -1.97. The Bertz CT molecular complexity index is 78.1. The van der Waals surface area contributed by atoms with E-state index in [1.807, 2.05) is 0 Å². The second-order valence-corrected chi connectivity index (χ2v) is 2.12. The van der Waals surface area contributed by atoms with Crippen molar-refractivity contribution in [1.29, 1.82) is 0 Å². The second-order valence-electron chi connectivity index (χ2n) is 2.12. The van der Waals surface area contributed by atoms with E-state index in [9.17, 15) is 4.91 Å². The first-order chi connectivity index (χ1) is 4.91. The van der Waals surface area contributed by atoms with Crippen LogP contribution in [-0.2, 0) is 4.94 Å². The summed E-state index contributed by atoms with van der Waals surface area (Å²) in [5.74, 6) is 0. The van der Waals surface area contributed by atoms with Gasteiger partial charge in [0, 0.05) is 6.54 Å². The van der Waals surface area contributed by atoms with Crippen molar-refractivity contribution in [2.45, 2.75) is 32.6 Å². The topological polar surface area (TPSA) is 50.7 Å². The van der Waals surface area contributed by atoms with Crippen LogP contribution >= 0.6 is 0 Å². The fraction of sp³-hybridized carbons (Fsp3) is 1.00. The van der Waals surface area contributed by atoms with Crippen molar-refractivity contribution in [3.05, 3.63) is 4.91 Å². The zero-order valence-corrected chi connectivity index (χ0v) is 6.30. The van der Waals surface area contributed by atoms with Crippen LogP contribution in [0, 0.1) is 4.91 Å². The molecule has 0 heterocycles. The lowest BCUT2D eigenvalue weighted by Crippen LogP contribution is -2.11. The predicted molar refractivity (Wildman–Crippen MR) is 39.0 cm³/mol. The van der Waals surface area contributed by atoms with Crippen LogP contribution in [0.4, 0.5) is 0 Å². The van der Waals surface area contributed by atoms with Crippen molar-refractivity contribution >= 4 is 0 Å². The molecule has 0 fully saturated rings. The fourth-order valence-corrected chi connectivity index (χ4v) is 0.696. The van der Waals surface area contributed by atoms with Gasteiger partial charge >= 0.3 is 0 Å². The van der Waals surface area contributed by atoms with Crippen molar-refractivity contribution in [2.75, 3.05) is 6.54 Å². The molecule has 60 valence electrons. The van der Waals surface area contributed by atoms with E-state index in [0.29, 0.717) is 6.54 Å². The minimum absolute atomic E-state index is 0.700. The van der Waals surface area contributed by atoms with Crippen molar-refractivity contribution in [2.24, 2.45) is 5.34 Å². The molecule has 0 aromatic rings. The Balaban J connectivity index is 2.70. The van der Waals surface area contributed by atoms with Gasteiger partial charge in [0.1, 0.15) is 0 Å². The largest absolute Gasteiger partial charge is 0.263 e. The standard InChI is InChI=1S/C6H14N2O2/c1-2-3-4-5-6-7-10-8-9/h7H,2-6H2,1H3. The van der Waals surface area contributed by atoms with Gasteiger partial charge < -0.3 is 0 Å². The quantitative estimate of drug-likeness (QED) is 0.338. The molecule has 0 saturated heterocycles. The molecule has 0 spiro atoms. The number of nitrogens with zero attached hydrogens (tertiary/aromatic N) is 1. The van der Waals surface area contributed by atoms with Crippen molar-refractivity contribution in [3.63, 3.8) is 0 Å². The highest BCUT2D eigenvalue weighted by atomic mass is 16.8. The zero-order chi connectivity index (χ0) is 7.66. The van der Waals surface area contributed by atoms with E-state index in [1.165, 1.54) is 19.3 Å². The number of hydroxylamine groups is 1. The molecule has 0 radical (unpaired) electrons. The maximum atomic E-state index is 9.36. The van der Waals surface area contributed by atoms with E-state index < -0.39 is 0 Å². The molecular formula is C6H14N2O2. The van der Waals surface area contributed by atoms with Gasteiger partial charge in [-0.1, -0.05) is 26.2 Å². The van der Waals surface area contributed by atoms with Gasteiger partial charge in [-0.05, 0) is 6.42 Å². The normalized spacial score (nSPS) is 9.30. The third-order valence-electron chi connectivity index (χ3n) is 1.23. The van der Waals surface area contributed by atoms with E-state index in [2.05, 4.69) is 22.7 Å². The summed E-state index contributed by atoms with van der Waals surface area (Å²) in [6.07, 6.45) is 4.65. The number of nitrogens with one attached hydrogen (secondary N) is 1. The third-order valence-corrected chi connectivity index (χ3v) is 1.23. The molecule has 0 aliphatic heterocycles. The van der Waals surface area contributed by atoms with Gasteiger partial charge in [-0.2, -0.15) is 0 Å². The zero-order valence-electron chi connectivity index (χ0n) is 6.30. The summed E-state index contributed by atoms with van der Waals surface area (Å²) >= 11 is 0. The van der Waals surface area contributed by atoms with E-state index in [-0.39, 0.29) is 0 Å². The Morgan fingerprint density at radius 1 is 1.40 bits per heavy atom. The predicted octanol–water partition coefficient (Wildman–Crippen LogP) is 1.77. The van der Waals surface area contributed by atoms with Crippen LogP contribution < -0.4 is 5.48 Å². The van der Waals surface area contributed by atoms with Gasteiger partial charge in [-0.15, -0.1) is 10.4 Å².